The molecule has 0 bridgehead atoms. The number of hydrogen-bond donors (Lipinski definition) is 1. The third-order valence-corrected chi connectivity index (χ3v) is 1.91. The van der Waals surface area contributed by atoms with Crippen molar-refractivity contribution in [3.05, 3.63) is 12.7 Å². The van der Waals surface area contributed by atoms with Crippen molar-refractivity contribution in [1.82, 2.24) is 10.2 Å². The molecule has 0 atom stereocenters. The maximum Gasteiger partial charge on any atom is 0.330 e. The van der Waals surface area contributed by atoms with Gasteiger partial charge in [-0.15, -0.1) is 0 Å². The monoisotopic (exact) mass is 228 g/mol. The van der Waals surface area contributed by atoms with Crippen molar-refractivity contribution in [3.8, 4) is 0 Å². The van der Waals surface area contributed by atoms with E-state index < -0.39 is 5.60 Å². The third-order valence-electron chi connectivity index (χ3n) is 1.91. The van der Waals surface area contributed by atoms with E-state index in [2.05, 4.69) is 23.8 Å². The van der Waals surface area contributed by atoms with Gasteiger partial charge in [-0.1, -0.05) is 6.58 Å². The first-order chi connectivity index (χ1) is 7.35. The van der Waals surface area contributed by atoms with Crippen LogP contribution in [-0.4, -0.2) is 49.7 Å². The molecule has 1 fully saturated rings. The van der Waals surface area contributed by atoms with E-state index in [4.69, 9.17) is 4.74 Å². The van der Waals surface area contributed by atoms with Gasteiger partial charge in [0.25, 0.3) is 0 Å². The van der Waals surface area contributed by atoms with Crippen LogP contribution < -0.4 is 5.32 Å². The molecular weight excluding hydrogens is 204 g/mol. The summed E-state index contributed by atoms with van der Waals surface area (Å²) in [6, 6.07) is 0. The van der Waals surface area contributed by atoms with Gasteiger partial charge in [0.1, 0.15) is 5.60 Å². The van der Waals surface area contributed by atoms with Crippen LogP contribution in [-0.2, 0) is 9.53 Å². The molecule has 0 unspecified atom stereocenters. The molecule has 94 valence electrons. The summed E-state index contributed by atoms with van der Waals surface area (Å²) in [6.45, 7) is 13.5. The Kier molecular flexibility index (Phi) is 7.01. The Hall–Kier alpha value is -0.870. The van der Waals surface area contributed by atoms with Crippen LogP contribution in [0.2, 0.25) is 0 Å². The summed E-state index contributed by atoms with van der Waals surface area (Å²) in [4.78, 5) is 12.8. The van der Waals surface area contributed by atoms with Crippen molar-refractivity contribution in [3.63, 3.8) is 0 Å². The van der Waals surface area contributed by atoms with Crippen LogP contribution in [0.4, 0.5) is 0 Å². The van der Waals surface area contributed by atoms with Gasteiger partial charge >= 0.3 is 5.97 Å². The summed E-state index contributed by atoms with van der Waals surface area (Å²) in [7, 11) is 2.15. The highest BCUT2D eigenvalue weighted by atomic mass is 16.6. The zero-order valence-corrected chi connectivity index (χ0v) is 10.9. The highest BCUT2D eigenvalue weighted by molar-refractivity contribution is 5.81. The number of carbonyl (C=O) groups excluding carboxylic acids is 1. The van der Waals surface area contributed by atoms with Crippen molar-refractivity contribution in [2.45, 2.75) is 26.4 Å². The minimum atomic E-state index is -0.398. The highest BCUT2D eigenvalue weighted by Gasteiger charge is 2.12. The number of nitrogens with zero attached hydrogens (tertiary/aromatic N) is 1. The fraction of sp³-hybridized carbons (Fsp3) is 0.750. The smallest absolute Gasteiger partial charge is 0.330 e. The lowest BCUT2D eigenvalue weighted by Gasteiger charge is -2.21. The van der Waals surface area contributed by atoms with E-state index in [1.807, 2.05) is 20.8 Å². The molecule has 1 aliphatic rings. The summed E-state index contributed by atoms with van der Waals surface area (Å²) >= 11 is 0. The first-order valence-corrected chi connectivity index (χ1v) is 5.60. The average molecular weight is 228 g/mol. The molecule has 0 saturated carbocycles. The van der Waals surface area contributed by atoms with Crippen LogP contribution in [0.15, 0.2) is 12.7 Å². The number of piperazine rings is 1. The van der Waals surface area contributed by atoms with Gasteiger partial charge in [-0.25, -0.2) is 4.79 Å². The maximum absolute atomic E-state index is 10.5. The van der Waals surface area contributed by atoms with E-state index in [1.165, 1.54) is 13.1 Å². The molecule has 0 spiro atoms. The summed E-state index contributed by atoms with van der Waals surface area (Å²) in [5.74, 6) is -0.373. The van der Waals surface area contributed by atoms with Gasteiger partial charge < -0.3 is 15.0 Å². The third kappa shape index (κ3) is 9.68. The summed E-state index contributed by atoms with van der Waals surface area (Å²) in [6.07, 6.45) is 1.16. The number of likely N-dealkylation sites (N-methyl/N-ethyl adjacent to an activating group) is 1. The Morgan fingerprint density at radius 1 is 1.38 bits per heavy atom. The summed E-state index contributed by atoms with van der Waals surface area (Å²) in [5.41, 5.74) is -0.398. The molecule has 16 heavy (non-hydrogen) atoms. The van der Waals surface area contributed by atoms with Crippen LogP contribution in [0.3, 0.4) is 0 Å². The van der Waals surface area contributed by atoms with Crippen molar-refractivity contribution in [2.24, 2.45) is 0 Å². The van der Waals surface area contributed by atoms with Gasteiger partial charge in [-0.3, -0.25) is 0 Å². The zero-order valence-electron chi connectivity index (χ0n) is 10.9. The van der Waals surface area contributed by atoms with E-state index in [1.54, 1.807) is 0 Å². The van der Waals surface area contributed by atoms with Crippen molar-refractivity contribution in [2.75, 3.05) is 33.2 Å². The van der Waals surface area contributed by atoms with Gasteiger partial charge in [-0.05, 0) is 27.8 Å². The van der Waals surface area contributed by atoms with Gasteiger partial charge in [0.05, 0.1) is 0 Å². The molecule has 1 heterocycles. The molecule has 1 N–H and O–H groups in total. The molecule has 0 aromatic carbocycles. The van der Waals surface area contributed by atoms with Crippen LogP contribution in [0.5, 0.6) is 0 Å². The lowest BCUT2D eigenvalue weighted by Crippen LogP contribution is -2.40. The van der Waals surface area contributed by atoms with Crippen LogP contribution >= 0.6 is 0 Å². The minimum Gasteiger partial charge on any atom is -0.457 e. The summed E-state index contributed by atoms with van der Waals surface area (Å²) in [5, 5.41) is 3.27. The first kappa shape index (κ1) is 15.1. The highest BCUT2D eigenvalue weighted by Crippen LogP contribution is 2.06. The minimum absolute atomic E-state index is 0.373. The van der Waals surface area contributed by atoms with Crippen molar-refractivity contribution < 1.29 is 9.53 Å². The zero-order chi connectivity index (χ0) is 12.6. The van der Waals surface area contributed by atoms with E-state index >= 15 is 0 Å². The first-order valence-electron chi connectivity index (χ1n) is 5.60. The second-order valence-corrected chi connectivity index (χ2v) is 4.79. The quantitative estimate of drug-likeness (QED) is 0.538. The molecule has 1 aliphatic heterocycles. The van der Waals surface area contributed by atoms with Gasteiger partial charge in [0.15, 0.2) is 0 Å². The summed E-state index contributed by atoms with van der Waals surface area (Å²) < 4.78 is 4.83. The van der Waals surface area contributed by atoms with E-state index in [9.17, 15) is 4.79 Å². The maximum atomic E-state index is 10.5. The second-order valence-electron chi connectivity index (χ2n) is 4.79. The molecular formula is C12H24N2O2. The normalized spacial score (nSPS) is 17.0. The molecule has 0 aliphatic carbocycles. The molecule has 4 nitrogen and oxygen atoms in total. The van der Waals surface area contributed by atoms with Gasteiger partial charge in [0, 0.05) is 32.3 Å². The number of rotatable bonds is 1. The number of esters is 1. The van der Waals surface area contributed by atoms with Crippen LogP contribution in [0.25, 0.3) is 0 Å². The molecule has 0 aromatic heterocycles. The molecule has 1 saturated heterocycles. The fourth-order valence-electron chi connectivity index (χ4n) is 1.12. The predicted molar refractivity (Wildman–Crippen MR) is 66.4 cm³/mol. The molecule has 0 aromatic rings. The molecule has 0 radical (unpaired) electrons. The van der Waals surface area contributed by atoms with E-state index in [0.29, 0.717) is 0 Å². The standard InChI is InChI=1S/C7H12O2.C5H12N2/c1-5-6(8)9-7(2,3)4;1-7-4-2-6-3-5-7/h5H,1H2,2-4H3;6H,2-5H2,1H3. The van der Waals surface area contributed by atoms with E-state index in [-0.39, 0.29) is 5.97 Å². The molecule has 4 heteroatoms. The molecule has 0 amide bonds. The Bertz CT molecular complexity index is 216. The second kappa shape index (κ2) is 7.41. The SMILES string of the molecule is C=CC(=O)OC(C)(C)C.CN1CCNCC1. The average Bonchev–Trinajstić information content (AvgIpc) is 2.17. The van der Waals surface area contributed by atoms with Gasteiger partial charge in [0.2, 0.25) is 0 Å². The Balaban J connectivity index is 0.000000288. The Morgan fingerprint density at radius 3 is 2.06 bits per heavy atom. The Morgan fingerprint density at radius 2 is 1.88 bits per heavy atom. The van der Waals surface area contributed by atoms with Crippen LogP contribution in [0, 0.1) is 0 Å². The largest absolute Gasteiger partial charge is 0.457 e. The number of carbonyl (C=O) groups is 1. The Labute approximate surface area is 98.6 Å². The van der Waals surface area contributed by atoms with Crippen molar-refractivity contribution in [1.29, 1.82) is 0 Å². The molecule has 1 rings (SSSR count). The van der Waals surface area contributed by atoms with Gasteiger partial charge in [-0.2, -0.15) is 0 Å². The van der Waals surface area contributed by atoms with Crippen LogP contribution in [0.1, 0.15) is 20.8 Å². The lowest BCUT2D eigenvalue weighted by atomic mass is 10.2. The number of nitrogens with one attached hydrogen (secondary N) is 1. The fourth-order valence-corrected chi connectivity index (χ4v) is 1.12. The number of hydrogen-bond acceptors (Lipinski definition) is 4. The number of ether oxygens (including phenoxy) is 1. The van der Waals surface area contributed by atoms with E-state index in [0.717, 1.165) is 19.2 Å². The van der Waals surface area contributed by atoms with Crippen molar-refractivity contribution >= 4 is 5.97 Å². The predicted octanol–water partition coefficient (Wildman–Crippen LogP) is 1.04. The topological polar surface area (TPSA) is 41.6 Å². The lowest BCUT2D eigenvalue weighted by molar-refractivity contribution is -0.148.